The molecular weight excluding hydrogens is 511 g/mol. The molecule has 1 aliphatic rings. The number of rotatable bonds is 7. The second-order valence-corrected chi connectivity index (χ2v) is 9.18. The molecule has 4 rings (SSSR count). The van der Waals surface area contributed by atoms with Gasteiger partial charge >= 0.3 is 6.03 Å². The SMILES string of the molecule is COc1cc(/C=C2/NC(=O)N(Cc3cccc(C)c3)C2=O)cc(Cl)c1OCc1ccc(Cl)cc1Cl. The van der Waals surface area contributed by atoms with Gasteiger partial charge in [0.1, 0.15) is 12.3 Å². The van der Waals surface area contributed by atoms with Crippen LogP contribution in [0.25, 0.3) is 6.08 Å². The number of amides is 3. The van der Waals surface area contributed by atoms with Crippen LogP contribution in [0.4, 0.5) is 4.79 Å². The lowest BCUT2D eigenvalue weighted by atomic mass is 10.1. The molecule has 0 radical (unpaired) electrons. The Balaban J connectivity index is 1.54. The molecule has 3 amide bonds. The molecule has 1 fully saturated rings. The molecule has 35 heavy (non-hydrogen) atoms. The van der Waals surface area contributed by atoms with Crippen molar-refractivity contribution in [1.82, 2.24) is 10.2 Å². The van der Waals surface area contributed by atoms with Gasteiger partial charge < -0.3 is 14.8 Å². The molecular formula is C26H21Cl3N2O4. The van der Waals surface area contributed by atoms with E-state index in [1.54, 1.807) is 36.4 Å². The Hall–Kier alpha value is -3.19. The van der Waals surface area contributed by atoms with Crippen LogP contribution in [0.3, 0.4) is 0 Å². The van der Waals surface area contributed by atoms with Crippen molar-refractivity contribution in [3.63, 3.8) is 0 Å². The molecule has 0 bridgehead atoms. The standard InChI is InChI=1S/C26H21Cl3N2O4/c1-15-4-3-5-16(8-15)13-31-25(32)22(30-26(31)33)10-17-9-21(29)24(23(11-17)34-2)35-14-18-6-7-19(27)12-20(18)28/h3-12H,13-14H2,1-2H3,(H,30,33)/b22-10+. The van der Waals surface area contributed by atoms with E-state index in [2.05, 4.69) is 5.32 Å². The van der Waals surface area contributed by atoms with E-state index >= 15 is 0 Å². The van der Waals surface area contributed by atoms with Crippen LogP contribution in [0, 0.1) is 6.92 Å². The zero-order valence-corrected chi connectivity index (χ0v) is 21.2. The number of halogens is 3. The Labute approximate surface area is 218 Å². The second-order valence-electron chi connectivity index (χ2n) is 7.93. The van der Waals surface area contributed by atoms with Crippen molar-refractivity contribution in [2.75, 3.05) is 7.11 Å². The number of nitrogens with zero attached hydrogens (tertiary/aromatic N) is 1. The van der Waals surface area contributed by atoms with Crippen LogP contribution in [0.1, 0.15) is 22.3 Å². The molecule has 0 aromatic heterocycles. The maximum atomic E-state index is 12.9. The van der Waals surface area contributed by atoms with Gasteiger partial charge in [-0.3, -0.25) is 9.69 Å². The van der Waals surface area contributed by atoms with Crippen LogP contribution in [0.2, 0.25) is 15.1 Å². The van der Waals surface area contributed by atoms with E-state index in [1.807, 2.05) is 31.2 Å². The number of methoxy groups -OCH3 is 1. The van der Waals surface area contributed by atoms with Crippen LogP contribution in [-0.2, 0) is 17.9 Å². The van der Waals surface area contributed by atoms with Gasteiger partial charge in [-0.05, 0) is 48.4 Å². The van der Waals surface area contributed by atoms with E-state index in [9.17, 15) is 9.59 Å². The largest absolute Gasteiger partial charge is 0.493 e. The van der Waals surface area contributed by atoms with E-state index in [0.717, 1.165) is 21.6 Å². The average molecular weight is 532 g/mol. The maximum absolute atomic E-state index is 12.9. The summed E-state index contributed by atoms with van der Waals surface area (Å²) >= 11 is 18.6. The third-order valence-corrected chi connectivity index (χ3v) is 6.20. The number of nitrogens with one attached hydrogen (secondary N) is 1. The fraction of sp³-hybridized carbons (Fsp3) is 0.154. The number of aryl methyl sites for hydroxylation is 1. The topological polar surface area (TPSA) is 67.9 Å². The highest BCUT2D eigenvalue weighted by Crippen LogP contribution is 2.38. The Bertz CT molecular complexity index is 1340. The van der Waals surface area contributed by atoms with Crippen molar-refractivity contribution in [2.45, 2.75) is 20.1 Å². The number of benzene rings is 3. The molecule has 0 saturated carbocycles. The number of carbonyl (C=O) groups excluding carboxylic acids is 2. The molecule has 3 aromatic carbocycles. The normalized spacial score (nSPS) is 14.4. The van der Waals surface area contributed by atoms with Crippen molar-refractivity contribution >= 4 is 52.8 Å². The van der Waals surface area contributed by atoms with E-state index < -0.39 is 11.9 Å². The van der Waals surface area contributed by atoms with Crippen molar-refractivity contribution < 1.29 is 19.1 Å². The minimum atomic E-state index is -0.486. The van der Waals surface area contributed by atoms with Crippen LogP contribution >= 0.6 is 34.8 Å². The Morgan fingerprint density at radius 1 is 1.00 bits per heavy atom. The van der Waals surface area contributed by atoms with Crippen molar-refractivity contribution in [2.24, 2.45) is 0 Å². The highest BCUT2D eigenvalue weighted by molar-refractivity contribution is 6.35. The van der Waals surface area contributed by atoms with E-state index in [-0.39, 0.29) is 23.9 Å². The number of imide groups is 1. The summed E-state index contributed by atoms with van der Waals surface area (Å²) < 4.78 is 11.3. The van der Waals surface area contributed by atoms with Gasteiger partial charge in [-0.25, -0.2) is 4.79 Å². The number of hydrogen-bond donors (Lipinski definition) is 1. The average Bonchev–Trinajstić information content (AvgIpc) is 3.06. The van der Waals surface area contributed by atoms with Gasteiger partial charge in [0.15, 0.2) is 11.5 Å². The zero-order chi connectivity index (χ0) is 25.1. The summed E-state index contributed by atoms with van der Waals surface area (Å²) in [6.45, 7) is 2.28. The van der Waals surface area contributed by atoms with E-state index in [0.29, 0.717) is 27.1 Å². The third-order valence-electron chi connectivity index (χ3n) is 5.34. The fourth-order valence-electron chi connectivity index (χ4n) is 3.63. The molecule has 0 unspecified atom stereocenters. The van der Waals surface area contributed by atoms with Crippen LogP contribution in [-0.4, -0.2) is 23.9 Å². The first-order chi connectivity index (χ1) is 16.7. The number of hydrogen-bond acceptors (Lipinski definition) is 4. The molecule has 0 spiro atoms. The predicted octanol–water partition coefficient (Wildman–Crippen LogP) is 6.64. The molecule has 3 aromatic rings. The summed E-state index contributed by atoms with van der Waals surface area (Å²) in [5.41, 5.74) is 3.34. The molecule has 180 valence electrons. The fourth-order valence-corrected chi connectivity index (χ4v) is 4.36. The molecule has 1 saturated heterocycles. The smallest absolute Gasteiger partial charge is 0.329 e. The number of ether oxygens (including phenoxy) is 2. The third kappa shape index (κ3) is 5.73. The molecule has 1 heterocycles. The predicted molar refractivity (Wildman–Crippen MR) is 137 cm³/mol. The second kappa shape index (κ2) is 10.6. The van der Waals surface area contributed by atoms with Gasteiger partial charge in [0.2, 0.25) is 0 Å². The highest BCUT2D eigenvalue weighted by atomic mass is 35.5. The van der Waals surface area contributed by atoms with Gasteiger partial charge in [0, 0.05) is 15.6 Å². The van der Waals surface area contributed by atoms with Gasteiger partial charge in [-0.15, -0.1) is 0 Å². The van der Waals surface area contributed by atoms with Crippen molar-refractivity contribution in [3.05, 3.63) is 97.6 Å². The lowest BCUT2D eigenvalue weighted by Crippen LogP contribution is -2.30. The molecule has 1 N–H and O–H groups in total. The summed E-state index contributed by atoms with van der Waals surface area (Å²) in [4.78, 5) is 26.5. The summed E-state index contributed by atoms with van der Waals surface area (Å²) in [7, 11) is 1.48. The summed E-state index contributed by atoms with van der Waals surface area (Å²) in [6.07, 6.45) is 1.55. The molecule has 6 nitrogen and oxygen atoms in total. The Morgan fingerprint density at radius 2 is 1.80 bits per heavy atom. The molecule has 0 aliphatic carbocycles. The van der Waals surface area contributed by atoms with E-state index in [4.69, 9.17) is 44.3 Å². The maximum Gasteiger partial charge on any atom is 0.329 e. The number of carbonyl (C=O) groups is 2. The Kier molecular flexibility index (Phi) is 7.55. The summed E-state index contributed by atoms with van der Waals surface area (Å²) in [5, 5.41) is 3.89. The minimum Gasteiger partial charge on any atom is -0.493 e. The highest BCUT2D eigenvalue weighted by Gasteiger charge is 2.33. The zero-order valence-electron chi connectivity index (χ0n) is 18.9. The van der Waals surface area contributed by atoms with Crippen molar-refractivity contribution in [1.29, 1.82) is 0 Å². The first-order valence-electron chi connectivity index (χ1n) is 10.6. The van der Waals surface area contributed by atoms with Crippen LogP contribution in [0.15, 0.2) is 60.3 Å². The van der Waals surface area contributed by atoms with Crippen LogP contribution < -0.4 is 14.8 Å². The van der Waals surface area contributed by atoms with Gasteiger partial charge in [0.05, 0.1) is 18.7 Å². The van der Waals surface area contributed by atoms with Gasteiger partial charge in [-0.2, -0.15) is 0 Å². The first-order valence-corrected chi connectivity index (χ1v) is 11.7. The number of urea groups is 1. The minimum absolute atomic E-state index is 0.141. The Morgan fingerprint density at radius 3 is 2.51 bits per heavy atom. The van der Waals surface area contributed by atoms with Crippen LogP contribution in [0.5, 0.6) is 11.5 Å². The summed E-state index contributed by atoms with van der Waals surface area (Å²) in [6, 6.07) is 15.6. The van der Waals surface area contributed by atoms with Crippen molar-refractivity contribution in [3.8, 4) is 11.5 Å². The van der Waals surface area contributed by atoms with Gasteiger partial charge in [0.25, 0.3) is 5.91 Å². The first kappa shape index (κ1) is 24.9. The molecule has 9 heteroatoms. The lowest BCUT2D eigenvalue weighted by Gasteiger charge is -2.14. The van der Waals surface area contributed by atoms with Gasteiger partial charge in [-0.1, -0.05) is 70.7 Å². The van der Waals surface area contributed by atoms with E-state index in [1.165, 1.54) is 7.11 Å². The monoisotopic (exact) mass is 530 g/mol. The molecule has 0 atom stereocenters. The molecule has 1 aliphatic heterocycles. The summed E-state index contributed by atoms with van der Waals surface area (Å²) in [5.74, 6) is 0.261. The lowest BCUT2D eigenvalue weighted by molar-refractivity contribution is -0.123. The quantitative estimate of drug-likeness (QED) is 0.274.